The van der Waals surface area contributed by atoms with E-state index in [0.29, 0.717) is 10.7 Å². The summed E-state index contributed by atoms with van der Waals surface area (Å²) < 4.78 is 159. The summed E-state index contributed by atoms with van der Waals surface area (Å²) in [5.41, 5.74) is -5.80. The summed E-state index contributed by atoms with van der Waals surface area (Å²) in [6.45, 7) is 2.93. The Morgan fingerprint density at radius 1 is 1.08 bits per heavy atom. The summed E-state index contributed by atoms with van der Waals surface area (Å²) in [5, 5.41) is 11.3. The standard InChI is InChI=1S/C42H33ClF9N9O4S/c1-19-31(9-7-22(43)15-32(56-59(19)2)58-66(3,64)65)61-39(55-29-14-21(6-8-25(29)40(61)63)35-27(42(50,51)52)5-4-10-53-35)30(13-20-11-23(44)16-24(45)12-20)54-33(62)18-60-37-34(36(57-60)38(46)47)26-17-28(26)41(37,48)49/h4-12,14,16,26,28,30,38H,1,13,15,17-18H2,2-3H3,(H,54,62)(H,56,58)/b22-7+,31-9+/t26-,28+,30-/m0/s1. The zero-order valence-electron chi connectivity index (χ0n) is 34.1. The number of fused-ring (bicyclic) bond motifs is 4. The second-order valence-electron chi connectivity index (χ2n) is 15.8. The van der Waals surface area contributed by atoms with E-state index in [-0.39, 0.29) is 62.7 Å². The number of hydrogen-bond donors (Lipinski definition) is 2. The monoisotopic (exact) mass is 965 g/mol. The number of carbonyl (C=O) groups excluding carboxylic acids is 1. The van der Waals surface area contributed by atoms with Crippen molar-refractivity contribution in [1.82, 2.24) is 39.4 Å². The van der Waals surface area contributed by atoms with Crippen molar-refractivity contribution in [3.8, 4) is 11.3 Å². The van der Waals surface area contributed by atoms with Crippen LogP contribution in [0.3, 0.4) is 0 Å². The minimum atomic E-state index is -4.88. The third kappa shape index (κ3) is 8.92. The largest absolute Gasteiger partial charge is 0.418 e. The normalized spacial score (nSPS) is 21.1. The number of sulfonamides is 1. The van der Waals surface area contributed by atoms with E-state index in [1.807, 2.05) is 0 Å². The van der Waals surface area contributed by atoms with Gasteiger partial charge >= 0.3 is 6.18 Å². The number of amidine groups is 1. The molecule has 66 heavy (non-hydrogen) atoms. The maximum absolute atomic E-state index is 15.5. The van der Waals surface area contributed by atoms with Gasteiger partial charge in [-0.05, 0) is 66.5 Å². The Kier molecular flexibility index (Phi) is 11.7. The lowest BCUT2D eigenvalue weighted by molar-refractivity contribution is -0.137. The Labute approximate surface area is 373 Å². The van der Waals surface area contributed by atoms with Crippen LogP contribution in [0.5, 0.6) is 0 Å². The first kappa shape index (κ1) is 46.1. The molecule has 4 heterocycles. The van der Waals surface area contributed by atoms with Crippen molar-refractivity contribution in [1.29, 1.82) is 0 Å². The fourth-order valence-electron chi connectivity index (χ4n) is 8.21. The zero-order valence-corrected chi connectivity index (χ0v) is 35.7. The molecule has 2 aromatic carbocycles. The van der Waals surface area contributed by atoms with Crippen molar-refractivity contribution in [2.75, 3.05) is 13.3 Å². The van der Waals surface area contributed by atoms with E-state index in [0.717, 1.165) is 58.4 Å². The zero-order chi connectivity index (χ0) is 47.8. The average molecular weight is 966 g/mol. The van der Waals surface area contributed by atoms with Gasteiger partial charge in [0.05, 0.1) is 45.9 Å². The molecule has 1 saturated carbocycles. The van der Waals surface area contributed by atoms with Gasteiger partial charge in [0.2, 0.25) is 15.9 Å². The van der Waals surface area contributed by atoms with Crippen molar-refractivity contribution >= 4 is 50.0 Å². The summed E-state index contributed by atoms with van der Waals surface area (Å²) in [5.74, 6) is -9.81. The molecule has 1 amide bonds. The van der Waals surface area contributed by atoms with Gasteiger partial charge in [-0.3, -0.25) is 33.6 Å². The molecule has 2 N–H and O–H groups in total. The molecule has 3 aliphatic rings. The number of likely N-dealkylation sites (N-methyl/N-ethyl adjacent to an activating group) is 1. The maximum atomic E-state index is 15.5. The molecule has 0 saturated heterocycles. The number of nitrogens with one attached hydrogen (secondary N) is 2. The van der Waals surface area contributed by atoms with Gasteiger partial charge in [-0.15, -0.1) is 0 Å². The van der Waals surface area contributed by atoms with Crippen molar-refractivity contribution in [3.63, 3.8) is 0 Å². The first-order valence-electron chi connectivity index (χ1n) is 19.6. The van der Waals surface area contributed by atoms with Crippen LogP contribution in [0.2, 0.25) is 0 Å². The SMILES string of the molecule is C=C1/C(n2c([C@H](Cc3cc(F)cc(F)c3)NC(=O)Cn3nc(C(F)F)c4c3C(F)(F)[C@@H]3C[C@H]43)nc3cc(-c4ncccc4C(F)(F)F)ccc3c2=O)=C\C=C(\Cl)C/C(NS(C)(=O)=O)=N\N1C. The lowest BCUT2D eigenvalue weighted by Crippen LogP contribution is -2.39. The number of benzene rings is 2. The van der Waals surface area contributed by atoms with Crippen LogP contribution in [0.15, 0.2) is 94.1 Å². The Balaban J connectivity index is 1.33. The summed E-state index contributed by atoms with van der Waals surface area (Å²) in [6.07, 6.45) is -4.66. The number of hydrogen-bond acceptors (Lipinski definition) is 9. The van der Waals surface area contributed by atoms with Crippen LogP contribution in [0.1, 0.15) is 65.1 Å². The van der Waals surface area contributed by atoms with Crippen LogP contribution < -0.4 is 15.6 Å². The smallest absolute Gasteiger partial charge is 0.344 e. The van der Waals surface area contributed by atoms with Gasteiger partial charge in [-0.1, -0.05) is 24.2 Å². The van der Waals surface area contributed by atoms with Crippen LogP contribution >= 0.6 is 11.6 Å². The molecule has 1 fully saturated rings. The van der Waals surface area contributed by atoms with E-state index in [9.17, 15) is 48.7 Å². The molecule has 8 rings (SSSR count). The molecule has 1 aliphatic heterocycles. The van der Waals surface area contributed by atoms with Crippen molar-refractivity contribution < 1.29 is 52.7 Å². The van der Waals surface area contributed by atoms with Crippen LogP contribution in [0.4, 0.5) is 39.5 Å². The number of amides is 1. The van der Waals surface area contributed by atoms with E-state index in [4.69, 9.17) is 11.6 Å². The van der Waals surface area contributed by atoms with Crippen molar-refractivity contribution in [3.05, 3.63) is 140 Å². The minimum Gasteiger partial charge on any atom is -0.344 e. The maximum Gasteiger partial charge on any atom is 0.418 e. The highest BCUT2D eigenvalue weighted by atomic mass is 35.5. The molecular weight excluding hydrogens is 933 g/mol. The number of nitrogens with zero attached hydrogens (tertiary/aromatic N) is 7. The highest BCUT2D eigenvalue weighted by Crippen LogP contribution is 2.68. The molecule has 13 nitrogen and oxygen atoms in total. The number of pyridine rings is 1. The number of halogens is 10. The van der Waals surface area contributed by atoms with Gasteiger partial charge in [0, 0.05) is 54.2 Å². The van der Waals surface area contributed by atoms with Crippen LogP contribution in [-0.4, -0.2) is 62.8 Å². The fraction of sp³-hybridized carbons (Fsp3) is 0.286. The Morgan fingerprint density at radius 2 is 1.79 bits per heavy atom. The second-order valence-corrected chi connectivity index (χ2v) is 18.0. The lowest BCUT2D eigenvalue weighted by atomic mass is 10.0. The molecule has 0 radical (unpaired) electrons. The van der Waals surface area contributed by atoms with Gasteiger partial charge in [-0.25, -0.2) is 31.0 Å². The quantitative estimate of drug-likeness (QED) is 0.134. The Hall–Kier alpha value is -6.49. The number of carbonyl (C=O) groups is 1. The fourth-order valence-corrected chi connectivity index (χ4v) is 8.94. The molecule has 24 heteroatoms. The van der Waals surface area contributed by atoms with Gasteiger partial charge in [-0.2, -0.15) is 32.2 Å². The predicted octanol–water partition coefficient (Wildman–Crippen LogP) is 7.87. The topological polar surface area (TPSA) is 156 Å². The summed E-state index contributed by atoms with van der Waals surface area (Å²) in [7, 11) is -2.59. The van der Waals surface area contributed by atoms with Gasteiger partial charge in [0.15, 0.2) is 0 Å². The molecule has 0 spiro atoms. The third-order valence-corrected chi connectivity index (χ3v) is 11.9. The average Bonchev–Trinajstić information content (AvgIpc) is 3.86. The third-order valence-electron chi connectivity index (χ3n) is 11.0. The molecule has 0 bridgehead atoms. The van der Waals surface area contributed by atoms with Gasteiger partial charge in [0.25, 0.3) is 17.9 Å². The molecule has 3 aromatic heterocycles. The van der Waals surface area contributed by atoms with E-state index >= 15 is 8.78 Å². The van der Waals surface area contributed by atoms with Crippen molar-refractivity contribution in [2.45, 2.75) is 56.3 Å². The number of alkyl halides is 7. The molecule has 5 aromatic rings. The van der Waals surface area contributed by atoms with E-state index in [2.05, 4.69) is 36.8 Å². The highest BCUT2D eigenvalue weighted by molar-refractivity contribution is 7.89. The molecule has 0 unspecified atom stereocenters. The summed E-state index contributed by atoms with van der Waals surface area (Å²) in [4.78, 5) is 37.7. The number of allylic oxidation sites excluding steroid dienone is 3. The van der Waals surface area contributed by atoms with E-state index in [1.54, 1.807) is 0 Å². The molecule has 2 aliphatic carbocycles. The number of rotatable bonds is 10. The Bertz CT molecular complexity index is 3110. The summed E-state index contributed by atoms with van der Waals surface area (Å²) in [6, 6.07) is 5.89. The number of aromatic nitrogens is 5. The predicted molar refractivity (Wildman–Crippen MR) is 222 cm³/mol. The molecule has 3 atom stereocenters. The lowest BCUT2D eigenvalue weighted by Gasteiger charge is -2.27. The van der Waals surface area contributed by atoms with Crippen molar-refractivity contribution in [2.24, 2.45) is 11.0 Å². The summed E-state index contributed by atoms with van der Waals surface area (Å²) >= 11 is 6.50. The van der Waals surface area contributed by atoms with Crippen LogP contribution in [0, 0.1) is 17.6 Å². The van der Waals surface area contributed by atoms with Gasteiger partial charge in [0.1, 0.15) is 41.2 Å². The first-order chi connectivity index (χ1) is 30.9. The Morgan fingerprint density at radius 3 is 2.45 bits per heavy atom. The first-order valence-corrected chi connectivity index (χ1v) is 21.8. The number of hydrazone groups is 1. The van der Waals surface area contributed by atoms with Gasteiger partial charge < -0.3 is 5.32 Å². The minimum absolute atomic E-state index is 0.0428. The van der Waals surface area contributed by atoms with E-state index < -0.39 is 111 Å². The highest BCUT2D eigenvalue weighted by Gasteiger charge is 2.67. The van der Waals surface area contributed by atoms with Crippen LogP contribution in [-0.2, 0) is 39.9 Å². The second kappa shape index (κ2) is 16.7. The molecular formula is C42H33ClF9N9O4S. The van der Waals surface area contributed by atoms with E-state index in [1.165, 1.54) is 25.3 Å². The van der Waals surface area contributed by atoms with Crippen LogP contribution in [0.25, 0.3) is 27.9 Å². The molecule has 346 valence electrons.